The van der Waals surface area contributed by atoms with Crippen molar-refractivity contribution in [2.45, 2.75) is 37.4 Å². The van der Waals surface area contributed by atoms with E-state index in [1.807, 2.05) is 0 Å². The Kier molecular flexibility index (Phi) is 4.80. The lowest BCUT2D eigenvalue weighted by atomic mass is 10.2. The third-order valence-corrected chi connectivity index (χ3v) is 5.57. The van der Waals surface area contributed by atoms with Gasteiger partial charge in [0, 0.05) is 20.2 Å². The molecule has 20 heavy (non-hydrogen) atoms. The minimum absolute atomic E-state index is 0.0175. The molecular formula is C14H21NO4S. The maximum Gasteiger partial charge on any atom is 0.243 e. The molecule has 1 fully saturated rings. The molecule has 5 nitrogen and oxygen atoms in total. The highest BCUT2D eigenvalue weighted by Gasteiger charge is 2.27. The number of hydrogen-bond donors (Lipinski definition) is 1. The Bertz CT molecular complexity index is 565. The maximum absolute atomic E-state index is 12.6. The number of nitrogens with zero attached hydrogens (tertiary/aromatic N) is 1. The second-order valence-electron chi connectivity index (χ2n) is 5.18. The zero-order valence-electron chi connectivity index (χ0n) is 11.9. The summed E-state index contributed by atoms with van der Waals surface area (Å²) in [5.74, 6) is 0. The summed E-state index contributed by atoms with van der Waals surface area (Å²) in [6.07, 6.45) is 1.86. The Morgan fingerprint density at radius 2 is 2.20 bits per heavy atom. The molecule has 2 rings (SSSR count). The minimum Gasteiger partial charge on any atom is -0.392 e. The Labute approximate surface area is 120 Å². The van der Waals surface area contributed by atoms with Crippen molar-refractivity contribution >= 4 is 10.0 Å². The second-order valence-corrected chi connectivity index (χ2v) is 7.19. The predicted molar refractivity (Wildman–Crippen MR) is 75.9 cm³/mol. The van der Waals surface area contributed by atoms with E-state index >= 15 is 0 Å². The first kappa shape index (κ1) is 15.4. The zero-order valence-corrected chi connectivity index (χ0v) is 12.7. The van der Waals surface area contributed by atoms with Crippen molar-refractivity contribution in [1.29, 1.82) is 0 Å². The normalized spacial score (nSPS) is 19.7. The quantitative estimate of drug-likeness (QED) is 0.889. The number of ether oxygens (including phenoxy) is 1. The summed E-state index contributed by atoms with van der Waals surface area (Å²) in [5.41, 5.74) is 1.28. The van der Waals surface area contributed by atoms with Gasteiger partial charge in [-0.15, -0.1) is 0 Å². The first-order chi connectivity index (χ1) is 9.45. The Hall–Kier alpha value is -0.950. The van der Waals surface area contributed by atoms with E-state index < -0.39 is 10.0 Å². The van der Waals surface area contributed by atoms with Gasteiger partial charge in [0.2, 0.25) is 10.0 Å². The standard InChI is InChI=1S/C14H21NO4S/c1-11-5-6-12(10-16)8-14(11)20(17,18)15(2)9-13-4-3-7-19-13/h5-6,8,13,16H,3-4,7,9-10H2,1-2H3. The molecule has 0 aromatic heterocycles. The van der Waals surface area contributed by atoms with Crippen LogP contribution in [0.25, 0.3) is 0 Å². The zero-order chi connectivity index (χ0) is 14.8. The minimum atomic E-state index is -3.55. The summed E-state index contributed by atoms with van der Waals surface area (Å²) in [7, 11) is -1.98. The fourth-order valence-corrected chi connectivity index (χ4v) is 3.84. The van der Waals surface area contributed by atoms with Gasteiger partial charge in [-0.1, -0.05) is 12.1 Å². The molecule has 0 bridgehead atoms. The fraction of sp³-hybridized carbons (Fsp3) is 0.571. The second kappa shape index (κ2) is 6.22. The average Bonchev–Trinajstić information content (AvgIpc) is 2.92. The summed E-state index contributed by atoms with van der Waals surface area (Å²) >= 11 is 0. The molecule has 1 aromatic carbocycles. The van der Waals surface area contributed by atoms with Crippen LogP contribution >= 0.6 is 0 Å². The van der Waals surface area contributed by atoms with Gasteiger partial charge < -0.3 is 9.84 Å². The van der Waals surface area contributed by atoms with E-state index in [1.54, 1.807) is 26.1 Å². The summed E-state index contributed by atoms with van der Waals surface area (Å²) < 4.78 is 32.0. The van der Waals surface area contributed by atoms with Crippen molar-refractivity contribution in [3.05, 3.63) is 29.3 Å². The lowest BCUT2D eigenvalue weighted by Crippen LogP contribution is -2.34. The average molecular weight is 299 g/mol. The van der Waals surface area contributed by atoms with Crippen molar-refractivity contribution in [1.82, 2.24) is 4.31 Å². The molecule has 112 valence electrons. The van der Waals surface area contributed by atoms with Gasteiger partial charge in [0.15, 0.2) is 0 Å². The van der Waals surface area contributed by atoms with Gasteiger partial charge >= 0.3 is 0 Å². The molecule has 1 aliphatic heterocycles. The van der Waals surface area contributed by atoms with Gasteiger partial charge in [-0.2, -0.15) is 4.31 Å². The molecule has 0 amide bonds. The maximum atomic E-state index is 12.6. The third kappa shape index (κ3) is 3.20. The molecule has 6 heteroatoms. The fourth-order valence-electron chi connectivity index (χ4n) is 2.36. The number of rotatable bonds is 5. The molecular weight excluding hydrogens is 278 g/mol. The summed E-state index contributed by atoms with van der Waals surface area (Å²) in [4.78, 5) is 0.254. The van der Waals surface area contributed by atoms with Gasteiger partial charge in [0.25, 0.3) is 0 Å². The van der Waals surface area contributed by atoms with Gasteiger partial charge in [-0.25, -0.2) is 8.42 Å². The first-order valence-electron chi connectivity index (χ1n) is 6.73. The molecule has 1 heterocycles. The van der Waals surface area contributed by atoms with Crippen molar-refractivity contribution in [2.24, 2.45) is 0 Å². The van der Waals surface area contributed by atoms with Crippen LogP contribution in [0.5, 0.6) is 0 Å². The number of aryl methyl sites for hydroxylation is 1. The van der Waals surface area contributed by atoms with Crippen LogP contribution in [0.1, 0.15) is 24.0 Å². The molecule has 0 spiro atoms. The summed E-state index contributed by atoms with van der Waals surface area (Å²) in [6, 6.07) is 4.99. The summed E-state index contributed by atoms with van der Waals surface area (Å²) in [5, 5.41) is 9.16. The van der Waals surface area contributed by atoms with Gasteiger partial charge in [0.1, 0.15) is 0 Å². The van der Waals surface area contributed by atoms with E-state index in [0.29, 0.717) is 24.3 Å². The molecule has 1 N–H and O–H groups in total. The molecule has 1 unspecified atom stereocenters. The summed E-state index contributed by atoms with van der Waals surface area (Å²) in [6.45, 7) is 2.66. The van der Waals surface area contributed by atoms with Gasteiger partial charge in [-0.3, -0.25) is 0 Å². The molecule has 1 atom stereocenters. The third-order valence-electron chi connectivity index (χ3n) is 3.61. The van der Waals surface area contributed by atoms with E-state index in [-0.39, 0.29) is 17.6 Å². The van der Waals surface area contributed by atoms with E-state index in [0.717, 1.165) is 12.8 Å². The number of likely N-dealkylation sites (N-methyl/N-ethyl adjacent to an activating group) is 1. The predicted octanol–water partition coefficient (Wildman–Crippen LogP) is 1.29. The van der Waals surface area contributed by atoms with Gasteiger partial charge in [-0.05, 0) is 37.0 Å². The van der Waals surface area contributed by atoms with Crippen LogP contribution in [0.4, 0.5) is 0 Å². The molecule has 0 radical (unpaired) electrons. The van der Waals surface area contributed by atoms with Crippen LogP contribution in [0.3, 0.4) is 0 Å². The monoisotopic (exact) mass is 299 g/mol. The van der Waals surface area contributed by atoms with Crippen molar-refractivity contribution in [3.8, 4) is 0 Å². The lowest BCUT2D eigenvalue weighted by Gasteiger charge is -2.21. The van der Waals surface area contributed by atoms with Gasteiger partial charge in [0.05, 0.1) is 17.6 Å². The first-order valence-corrected chi connectivity index (χ1v) is 8.17. The highest BCUT2D eigenvalue weighted by Crippen LogP contribution is 2.22. The van der Waals surface area contributed by atoms with Crippen LogP contribution in [0, 0.1) is 6.92 Å². The van der Waals surface area contributed by atoms with E-state index in [1.165, 1.54) is 10.4 Å². The van der Waals surface area contributed by atoms with E-state index in [2.05, 4.69) is 0 Å². The topological polar surface area (TPSA) is 66.8 Å². The number of aliphatic hydroxyl groups is 1. The van der Waals surface area contributed by atoms with Crippen molar-refractivity contribution in [3.63, 3.8) is 0 Å². The highest BCUT2D eigenvalue weighted by atomic mass is 32.2. The lowest BCUT2D eigenvalue weighted by molar-refractivity contribution is 0.0979. The number of benzene rings is 1. The van der Waals surface area contributed by atoms with Crippen molar-refractivity contribution < 1.29 is 18.3 Å². The van der Waals surface area contributed by atoms with E-state index in [4.69, 9.17) is 9.84 Å². The van der Waals surface area contributed by atoms with Crippen LogP contribution < -0.4 is 0 Å². The van der Waals surface area contributed by atoms with Crippen LogP contribution in [0.2, 0.25) is 0 Å². The number of sulfonamides is 1. The van der Waals surface area contributed by atoms with E-state index in [9.17, 15) is 8.42 Å². The number of hydrogen-bond acceptors (Lipinski definition) is 4. The van der Waals surface area contributed by atoms with Crippen LogP contribution in [-0.2, 0) is 21.4 Å². The Morgan fingerprint density at radius 1 is 1.45 bits per heavy atom. The molecule has 1 aromatic rings. The Morgan fingerprint density at radius 3 is 2.80 bits per heavy atom. The smallest absolute Gasteiger partial charge is 0.243 e. The molecule has 0 aliphatic carbocycles. The highest BCUT2D eigenvalue weighted by molar-refractivity contribution is 7.89. The van der Waals surface area contributed by atoms with Crippen LogP contribution in [-0.4, -0.2) is 44.1 Å². The SMILES string of the molecule is Cc1ccc(CO)cc1S(=O)(=O)N(C)CC1CCCO1. The molecule has 0 saturated carbocycles. The van der Waals surface area contributed by atoms with Crippen molar-refractivity contribution in [2.75, 3.05) is 20.2 Å². The molecule has 1 saturated heterocycles. The largest absolute Gasteiger partial charge is 0.392 e. The molecule has 1 aliphatic rings. The van der Waals surface area contributed by atoms with Crippen LogP contribution in [0.15, 0.2) is 23.1 Å². The number of aliphatic hydroxyl groups excluding tert-OH is 1. The Balaban J connectivity index is 2.24.